The normalized spacial score (nSPS) is 13.4. The van der Waals surface area contributed by atoms with Crippen LogP contribution in [0.2, 0.25) is 0 Å². The number of hydrogen-bond acceptors (Lipinski definition) is 3. The summed E-state index contributed by atoms with van der Waals surface area (Å²) in [6, 6.07) is 0. The minimum absolute atomic E-state index is 0.0400. The van der Waals surface area contributed by atoms with E-state index < -0.39 is 16.6 Å². The van der Waals surface area contributed by atoms with Crippen molar-refractivity contribution in [1.82, 2.24) is 0 Å². The smallest absolute Gasteiger partial charge is 0.217 e. The van der Waals surface area contributed by atoms with E-state index in [1.54, 1.807) is 6.92 Å². The van der Waals surface area contributed by atoms with Crippen LogP contribution in [0.1, 0.15) is 13.3 Å². The van der Waals surface area contributed by atoms with Crippen LogP contribution in [-0.2, 0) is 15.5 Å². The molecule has 0 saturated heterocycles. The van der Waals surface area contributed by atoms with Crippen molar-refractivity contribution < 1.29 is 13.2 Å². The SMILES string of the molecule is CC(CC(N)=O)C[SH](=O)=O. The Morgan fingerprint density at radius 2 is 2.10 bits per heavy atom. The van der Waals surface area contributed by atoms with E-state index in [1.807, 2.05) is 0 Å². The van der Waals surface area contributed by atoms with Gasteiger partial charge in [0.15, 0.2) is 0 Å². The molecule has 0 aromatic carbocycles. The van der Waals surface area contributed by atoms with E-state index >= 15 is 0 Å². The van der Waals surface area contributed by atoms with Gasteiger partial charge in [-0.05, 0) is 5.92 Å². The van der Waals surface area contributed by atoms with Crippen molar-refractivity contribution in [1.29, 1.82) is 0 Å². The van der Waals surface area contributed by atoms with Crippen LogP contribution in [0.4, 0.5) is 0 Å². The number of carbonyl (C=O) groups is 1. The molecule has 5 heteroatoms. The fraction of sp³-hybridized carbons (Fsp3) is 0.800. The van der Waals surface area contributed by atoms with Crippen LogP contribution in [0.15, 0.2) is 0 Å². The number of thiol groups is 1. The summed E-state index contributed by atoms with van der Waals surface area (Å²) in [5.41, 5.74) is 4.83. The van der Waals surface area contributed by atoms with Crippen LogP contribution < -0.4 is 5.73 Å². The second kappa shape index (κ2) is 4.27. The Morgan fingerprint density at radius 1 is 1.60 bits per heavy atom. The molecule has 60 valence electrons. The molecule has 0 radical (unpaired) electrons. The second-order valence-corrected chi connectivity index (χ2v) is 3.32. The lowest BCUT2D eigenvalue weighted by Crippen LogP contribution is -2.17. The van der Waals surface area contributed by atoms with Crippen molar-refractivity contribution in [3.05, 3.63) is 0 Å². The summed E-state index contributed by atoms with van der Waals surface area (Å²) in [6.45, 7) is 1.68. The molecule has 0 aliphatic rings. The molecule has 10 heavy (non-hydrogen) atoms. The summed E-state index contributed by atoms with van der Waals surface area (Å²) in [7, 11) is -2.38. The summed E-state index contributed by atoms with van der Waals surface area (Å²) >= 11 is 0. The van der Waals surface area contributed by atoms with Crippen molar-refractivity contribution in [2.75, 3.05) is 5.75 Å². The lowest BCUT2D eigenvalue weighted by Gasteiger charge is -2.01. The topological polar surface area (TPSA) is 77.2 Å². The number of primary amides is 1. The molecule has 0 spiro atoms. The maximum Gasteiger partial charge on any atom is 0.217 e. The molecule has 0 aromatic rings. The molecule has 0 aliphatic carbocycles. The fourth-order valence-corrected chi connectivity index (χ4v) is 1.30. The molecule has 0 heterocycles. The monoisotopic (exact) mass is 165 g/mol. The lowest BCUT2D eigenvalue weighted by atomic mass is 10.1. The van der Waals surface area contributed by atoms with Gasteiger partial charge in [0.2, 0.25) is 5.91 Å². The Bertz CT molecular complexity index is 179. The van der Waals surface area contributed by atoms with Crippen molar-refractivity contribution >= 4 is 16.6 Å². The van der Waals surface area contributed by atoms with Crippen LogP contribution >= 0.6 is 0 Å². The first-order valence-electron chi connectivity index (χ1n) is 2.92. The summed E-state index contributed by atoms with van der Waals surface area (Å²) in [5, 5.41) is 0. The van der Waals surface area contributed by atoms with E-state index in [1.165, 1.54) is 0 Å². The minimum atomic E-state index is -2.38. The molecule has 0 aromatic heterocycles. The third-order valence-corrected chi connectivity index (χ3v) is 1.93. The third-order valence-electron chi connectivity index (χ3n) is 1.01. The van der Waals surface area contributed by atoms with Gasteiger partial charge in [-0.15, -0.1) is 0 Å². The predicted octanol–water partition coefficient (Wildman–Crippen LogP) is -0.891. The van der Waals surface area contributed by atoms with Gasteiger partial charge in [0, 0.05) is 6.42 Å². The summed E-state index contributed by atoms with van der Waals surface area (Å²) in [6.07, 6.45) is 0.142. The molecule has 4 nitrogen and oxygen atoms in total. The zero-order chi connectivity index (χ0) is 8.15. The molecule has 0 saturated carbocycles. The van der Waals surface area contributed by atoms with Crippen molar-refractivity contribution in [3.8, 4) is 0 Å². The van der Waals surface area contributed by atoms with Crippen LogP contribution in [0.3, 0.4) is 0 Å². The Kier molecular flexibility index (Phi) is 4.02. The summed E-state index contributed by atoms with van der Waals surface area (Å²) < 4.78 is 20.2. The number of nitrogens with two attached hydrogens (primary N) is 1. The number of rotatable bonds is 4. The van der Waals surface area contributed by atoms with Gasteiger partial charge in [0.25, 0.3) is 0 Å². The average molecular weight is 165 g/mol. The number of hydrogen-bond donors (Lipinski definition) is 2. The Labute approximate surface area is 61.4 Å². The molecule has 0 aliphatic heterocycles. The highest BCUT2D eigenvalue weighted by Gasteiger charge is 2.05. The predicted molar refractivity (Wildman–Crippen MR) is 38.2 cm³/mol. The van der Waals surface area contributed by atoms with Gasteiger partial charge >= 0.3 is 0 Å². The standard InChI is InChI=1S/C5H11NO3S/c1-4(2-5(6)7)3-10(8)9/h4,10H,2-3H2,1H3,(H2,6,7). The van der Waals surface area contributed by atoms with Crippen LogP contribution in [0, 0.1) is 5.92 Å². The molecule has 0 rings (SSSR count). The third kappa shape index (κ3) is 5.55. The highest BCUT2D eigenvalue weighted by molar-refractivity contribution is 7.72. The molecule has 1 amide bonds. The fourth-order valence-electron chi connectivity index (χ4n) is 0.662. The maximum atomic E-state index is 10.2. The van der Waals surface area contributed by atoms with E-state index in [4.69, 9.17) is 5.73 Å². The van der Waals surface area contributed by atoms with Gasteiger partial charge in [-0.2, -0.15) is 0 Å². The lowest BCUT2D eigenvalue weighted by molar-refractivity contribution is -0.118. The Hall–Kier alpha value is -0.580. The summed E-state index contributed by atoms with van der Waals surface area (Å²) in [5.74, 6) is -0.568. The highest BCUT2D eigenvalue weighted by atomic mass is 32.2. The van der Waals surface area contributed by atoms with Crippen LogP contribution in [-0.4, -0.2) is 20.1 Å². The van der Waals surface area contributed by atoms with Gasteiger partial charge in [-0.3, -0.25) is 4.79 Å². The first-order valence-corrected chi connectivity index (χ1v) is 4.28. The average Bonchev–Trinajstić information content (AvgIpc) is 1.58. The van der Waals surface area contributed by atoms with E-state index in [0.29, 0.717) is 0 Å². The second-order valence-electron chi connectivity index (χ2n) is 2.29. The molecule has 2 N–H and O–H groups in total. The first kappa shape index (κ1) is 9.42. The van der Waals surface area contributed by atoms with Crippen molar-refractivity contribution in [3.63, 3.8) is 0 Å². The van der Waals surface area contributed by atoms with E-state index in [2.05, 4.69) is 0 Å². The van der Waals surface area contributed by atoms with E-state index in [9.17, 15) is 13.2 Å². The zero-order valence-corrected chi connectivity index (χ0v) is 6.64. The molecule has 1 atom stereocenters. The first-order chi connectivity index (χ1) is 4.52. The van der Waals surface area contributed by atoms with E-state index in [0.717, 1.165) is 0 Å². The van der Waals surface area contributed by atoms with Crippen molar-refractivity contribution in [2.45, 2.75) is 13.3 Å². The quantitative estimate of drug-likeness (QED) is 0.530. The Morgan fingerprint density at radius 3 is 2.40 bits per heavy atom. The van der Waals surface area contributed by atoms with Gasteiger partial charge in [0.1, 0.15) is 10.7 Å². The number of amides is 1. The zero-order valence-electron chi connectivity index (χ0n) is 5.74. The molecule has 0 fully saturated rings. The van der Waals surface area contributed by atoms with Crippen LogP contribution in [0.25, 0.3) is 0 Å². The molecular weight excluding hydrogens is 154 g/mol. The summed E-state index contributed by atoms with van der Waals surface area (Å²) in [4.78, 5) is 10.2. The van der Waals surface area contributed by atoms with Gasteiger partial charge in [0.05, 0.1) is 5.75 Å². The molecule has 0 bridgehead atoms. The largest absolute Gasteiger partial charge is 0.370 e. The van der Waals surface area contributed by atoms with Gasteiger partial charge < -0.3 is 5.73 Å². The van der Waals surface area contributed by atoms with Gasteiger partial charge in [-0.1, -0.05) is 6.92 Å². The number of carbonyl (C=O) groups excluding carboxylic acids is 1. The van der Waals surface area contributed by atoms with Crippen LogP contribution in [0.5, 0.6) is 0 Å². The van der Waals surface area contributed by atoms with Crippen molar-refractivity contribution in [2.24, 2.45) is 11.7 Å². The Balaban J connectivity index is 3.63. The van der Waals surface area contributed by atoms with E-state index in [-0.39, 0.29) is 18.1 Å². The maximum absolute atomic E-state index is 10.2. The molecular formula is C5H11NO3S. The highest BCUT2D eigenvalue weighted by Crippen LogP contribution is 1.99. The molecule has 1 unspecified atom stereocenters. The minimum Gasteiger partial charge on any atom is -0.370 e. The van der Waals surface area contributed by atoms with Gasteiger partial charge in [-0.25, -0.2) is 8.42 Å².